The summed E-state index contributed by atoms with van der Waals surface area (Å²) in [5, 5.41) is 5.87. The lowest BCUT2D eigenvalue weighted by Crippen LogP contribution is -2.52. The predicted molar refractivity (Wildman–Crippen MR) is 87.5 cm³/mol. The molecule has 1 aromatic rings. The molecule has 5 nitrogen and oxygen atoms in total. The number of amides is 3. The Morgan fingerprint density at radius 3 is 2.82 bits per heavy atom. The quantitative estimate of drug-likeness (QED) is 0.898. The number of fused-ring (bicyclic) bond motifs is 1. The van der Waals surface area contributed by atoms with E-state index in [-0.39, 0.29) is 17.9 Å². The van der Waals surface area contributed by atoms with Gasteiger partial charge < -0.3 is 15.5 Å². The van der Waals surface area contributed by atoms with Crippen LogP contribution in [0.2, 0.25) is 0 Å². The zero-order chi connectivity index (χ0) is 16.1. The first kappa shape index (κ1) is 16.3. The molecule has 2 unspecified atom stereocenters. The van der Waals surface area contributed by atoms with Gasteiger partial charge in [0, 0.05) is 12.2 Å². The zero-order valence-corrected chi connectivity index (χ0v) is 13.6. The van der Waals surface area contributed by atoms with Crippen molar-refractivity contribution in [3.63, 3.8) is 0 Å². The molecule has 5 heteroatoms. The number of hydrogen-bond donors (Lipinski definition) is 2. The van der Waals surface area contributed by atoms with Gasteiger partial charge in [0.05, 0.1) is 6.54 Å². The van der Waals surface area contributed by atoms with E-state index >= 15 is 0 Å². The second kappa shape index (κ2) is 7.29. The second-order valence-electron chi connectivity index (χ2n) is 5.84. The van der Waals surface area contributed by atoms with Crippen LogP contribution in [0.1, 0.15) is 39.2 Å². The van der Waals surface area contributed by atoms with E-state index in [0.29, 0.717) is 13.1 Å². The fraction of sp³-hybridized carbons (Fsp3) is 0.529. The molecule has 2 rings (SSSR count). The van der Waals surface area contributed by atoms with Gasteiger partial charge in [0.15, 0.2) is 0 Å². The number of para-hydroxylation sites is 1. The van der Waals surface area contributed by atoms with Gasteiger partial charge in [0.25, 0.3) is 0 Å². The molecule has 0 spiro atoms. The van der Waals surface area contributed by atoms with Crippen LogP contribution in [0.25, 0.3) is 0 Å². The molecule has 0 bridgehead atoms. The Labute approximate surface area is 132 Å². The van der Waals surface area contributed by atoms with Crippen molar-refractivity contribution < 1.29 is 9.59 Å². The molecule has 0 fully saturated rings. The van der Waals surface area contributed by atoms with Crippen molar-refractivity contribution in [1.29, 1.82) is 0 Å². The summed E-state index contributed by atoms with van der Waals surface area (Å²) in [5.41, 5.74) is 1.76. The van der Waals surface area contributed by atoms with Crippen molar-refractivity contribution in [2.45, 2.75) is 46.2 Å². The number of carbonyl (C=O) groups is 2. The smallest absolute Gasteiger partial charge is 0.318 e. The standard InChI is InChI=1S/C17H25N3O2/c1-4-10-18-17(22)20-11-13-8-6-7-9-14(13)19-16(21)15(20)12(3)5-2/h6-9,12,15H,4-5,10-11H2,1-3H3,(H,18,22)(H,19,21). The third kappa shape index (κ3) is 3.40. The number of anilines is 1. The number of carbonyl (C=O) groups excluding carboxylic acids is 2. The van der Waals surface area contributed by atoms with Crippen molar-refractivity contribution in [2.75, 3.05) is 11.9 Å². The maximum Gasteiger partial charge on any atom is 0.318 e. The summed E-state index contributed by atoms with van der Waals surface area (Å²) >= 11 is 0. The first-order valence-electron chi connectivity index (χ1n) is 8.01. The molecular formula is C17H25N3O2. The summed E-state index contributed by atoms with van der Waals surface area (Å²) in [4.78, 5) is 26.8. The monoisotopic (exact) mass is 303 g/mol. The van der Waals surface area contributed by atoms with Gasteiger partial charge in [0.1, 0.15) is 6.04 Å². The van der Waals surface area contributed by atoms with E-state index < -0.39 is 6.04 Å². The Morgan fingerprint density at radius 2 is 2.14 bits per heavy atom. The van der Waals surface area contributed by atoms with Gasteiger partial charge in [0.2, 0.25) is 5.91 Å². The molecule has 1 aliphatic heterocycles. The van der Waals surface area contributed by atoms with Crippen molar-refractivity contribution in [2.24, 2.45) is 5.92 Å². The van der Waals surface area contributed by atoms with Crippen LogP contribution >= 0.6 is 0 Å². The van der Waals surface area contributed by atoms with E-state index in [4.69, 9.17) is 0 Å². The molecule has 2 N–H and O–H groups in total. The molecule has 2 atom stereocenters. The Balaban J connectivity index is 2.34. The summed E-state index contributed by atoms with van der Waals surface area (Å²) in [6.07, 6.45) is 1.71. The minimum atomic E-state index is -0.450. The fourth-order valence-corrected chi connectivity index (χ4v) is 2.73. The first-order valence-corrected chi connectivity index (χ1v) is 8.01. The van der Waals surface area contributed by atoms with Crippen LogP contribution in [-0.4, -0.2) is 29.4 Å². The number of benzene rings is 1. The molecule has 0 aliphatic carbocycles. The number of urea groups is 1. The van der Waals surface area contributed by atoms with Crippen LogP contribution in [0.4, 0.5) is 10.5 Å². The number of rotatable bonds is 4. The molecule has 1 heterocycles. The fourth-order valence-electron chi connectivity index (χ4n) is 2.73. The topological polar surface area (TPSA) is 61.4 Å². The first-order chi connectivity index (χ1) is 10.6. The maximum absolute atomic E-state index is 12.6. The molecule has 3 amide bonds. The van der Waals surface area contributed by atoms with E-state index in [9.17, 15) is 9.59 Å². The highest BCUT2D eigenvalue weighted by Gasteiger charge is 2.36. The molecule has 0 aromatic heterocycles. The Morgan fingerprint density at radius 1 is 1.41 bits per heavy atom. The third-order valence-corrected chi connectivity index (χ3v) is 4.19. The van der Waals surface area contributed by atoms with Gasteiger partial charge in [-0.15, -0.1) is 0 Å². The van der Waals surface area contributed by atoms with E-state index in [2.05, 4.69) is 10.6 Å². The van der Waals surface area contributed by atoms with Gasteiger partial charge >= 0.3 is 6.03 Å². The van der Waals surface area contributed by atoms with Crippen LogP contribution in [0.15, 0.2) is 24.3 Å². The van der Waals surface area contributed by atoms with Crippen molar-refractivity contribution in [3.8, 4) is 0 Å². The minimum Gasteiger partial charge on any atom is -0.338 e. The molecule has 0 radical (unpaired) electrons. The lowest BCUT2D eigenvalue weighted by Gasteiger charge is -2.32. The summed E-state index contributed by atoms with van der Waals surface area (Å²) < 4.78 is 0. The summed E-state index contributed by atoms with van der Waals surface area (Å²) in [5.74, 6) is -0.00682. The van der Waals surface area contributed by atoms with Crippen molar-refractivity contribution in [3.05, 3.63) is 29.8 Å². The summed E-state index contributed by atoms with van der Waals surface area (Å²) in [6, 6.07) is 7.04. The van der Waals surface area contributed by atoms with Gasteiger partial charge in [-0.05, 0) is 24.0 Å². The minimum absolute atomic E-state index is 0.0988. The van der Waals surface area contributed by atoms with Gasteiger partial charge in [-0.3, -0.25) is 4.79 Å². The summed E-state index contributed by atoms with van der Waals surface area (Å²) in [7, 11) is 0. The molecule has 1 aliphatic rings. The van der Waals surface area contributed by atoms with E-state index in [1.807, 2.05) is 45.0 Å². The zero-order valence-electron chi connectivity index (χ0n) is 13.6. The number of hydrogen-bond acceptors (Lipinski definition) is 2. The van der Waals surface area contributed by atoms with Gasteiger partial charge in [-0.1, -0.05) is 45.4 Å². The van der Waals surface area contributed by atoms with Crippen LogP contribution in [0.3, 0.4) is 0 Å². The van der Waals surface area contributed by atoms with Crippen LogP contribution in [-0.2, 0) is 11.3 Å². The molecular weight excluding hydrogens is 278 g/mol. The Kier molecular flexibility index (Phi) is 5.41. The molecule has 0 saturated carbocycles. The number of nitrogens with zero attached hydrogens (tertiary/aromatic N) is 1. The molecule has 22 heavy (non-hydrogen) atoms. The molecule has 0 saturated heterocycles. The van der Waals surface area contributed by atoms with E-state index in [1.165, 1.54) is 0 Å². The highest BCUT2D eigenvalue weighted by molar-refractivity contribution is 5.98. The van der Waals surface area contributed by atoms with Crippen LogP contribution in [0, 0.1) is 5.92 Å². The average Bonchev–Trinajstić information content (AvgIpc) is 2.67. The SMILES string of the molecule is CCCNC(=O)N1Cc2ccccc2NC(=O)C1C(C)CC. The maximum atomic E-state index is 12.6. The lowest BCUT2D eigenvalue weighted by atomic mass is 9.97. The largest absolute Gasteiger partial charge is 0.338 e. The third-order valence-electron chi connectivity index (χ3n) is 4.19. The predicted octanol–water partition coefficient (Wildman–Crippen LogP) is 2.98. The van der Waals surface area contributed by atoms with Gasteiger partial charge in [-0.2, -0.15) is 0 Å². The van der Waals surface area contributed by atoms with E-state index in [0.717, 1.165) is 24.1 Å². The highest BCUT2D eigenvalue weighted by atomic mass is 16.2. The Bertz CT molecular complexity index is 544. The summed E-state index contributed by atoms with van der Waals surface area (Å²) in [6.45, 7) is 7.13. The highest BCUT2D eigenvalue weighted by Crippen LogP contribution is 2.27. The Hall–Kier alpha value is -2.04. The van der Waals surface area contributed by atoms with Crippen molar-refractivity contribution in [1.82, 2.24) is 10.2 Å². The second-order valence-corrected chi connectivity index (χ2v) is 5.84. The van der Waals surface area contributed by atoms with E-state index in [1.54, 1.807) is 4.90 Å². The van der Waals surface area contributed by atoms with Crippen LogP contribution < -0.4 is 10.6 Å². The normalized spacial score (nSPS) is 19.0. The number of nitrogens with one attached hydrogen (secondary N) is 2. The molecule has 120 valence electrons. The van der Waals surface area contributed by atoms with Crippen molar-refractivity contribution >= 4 is 17.6 Å². The van der Waals surface area contributed by atoms with Crippen LogP contribution in [0.5, 0.6) is 0 Å². The average molecular weight is 303 g/mol. The van der Waals surface area contributed by atoms with Gasteiger partial charge in [-0.25, -0.2) is 4.79 Å². The lowest BCUT2D eigenvalue weighted by molar-refractivity contribution is -0.121. The molecule has 1 aromatic carbocycles.